The third-order valence-electron chi connectivity index (χ3n) is 12.3. The summed E-state index contributed by atoms with van der Waals surface area (Å²) in [5, 5.41) is 3.22. The van der Waals surface area contributed by atoms with Crippen LogP contribution in [0.4, 0.5) is 31.1 Å². The van der Waals surface area contributed by atoms with Gasteiger partial charge in [0.15, 0.2) is 0 Å². The molecule has 2 aliphatic heterocycles. The first-order valence-corrected chi connectivity index (χ1v) is 22.0. The average molecular weight is 944 g/mol. The number of hydrogen-bond donors (Lipinski definition) is 1. The summed E-state index contributed by atoms with van der Waals surface area (Å²) in [5.74, 6) is -1.15. The third kappa shape index (κ3) is 11.8. The fourth-order valence-electron chi connectivity index (χ4n) is 8.91. The smallest absolute Gasteiger partial charge is 0.416 e. The summed E-state index contributed by atoms with van der Waals surface area (Å²) < 4.78 is 101. The van der Waals surface area contributed by atoms with E-state index in [0.29, 0.717) is 82.4 Å². The fourth-order valence-corrected chi connectivity index (χ4v) is 9.21. The summed E-state index contributed by atoms with van der Waals surface area (Å²) in [5.41, 5.74) is -2.98. The largest absolute Gasteiger partial charge is 0.450 e. The van der Waals surface area contributed by atoms with Crippen LogP contribution in [-0.2, 0) is 48.8 Å². The summed E-state index contributed by atoms with van der Waals surface area (Å²) in [6, 6.07) is 14.0. The van der Waals surface area contributed by atoms with Gasteiger partial charge in [-0.3, -0.25) is 9.59 Å². The number of rotatable bonds is 13. The number of nitrogens with one attached hydrogen (secondary N) is 1. The molecule has 2 fully saturated rings. The molecular weight excluding hydrogens is 889 g/mol. The molecule has 3 amide bonds. The first kappa shape index (κ1) is 49.3. The number of likely N-dealkylation sites (tertiary alicyclic amines) is 1. The van der Waals surface area contributed by atoms with E-state index in [1.165, 1.54) is 16.0 Å². The number of alkyl halides is 6. The predicted octanol–water partition coefficient (Wildman–Crippen LogP) is 9.53. The molecule has 10 nitrogen and oxygen atoms in total. The summed E-state index contributed by atoms with van der Waals surface area (Å²) in [4.78, 5) is 44.2. The van der Waals surface area contributed by atoms with Crippen molar-refractivity contribution in [2.75, 3.05) is 66.1 Å². The molecule has 18 heteroatoms. The van der Waals surface area contributed by atoms with Gasteiger partial charge >= 0.3 is 18.4 Å². The minimum Gasteiger partial charge on any atom is -0.450 e. The van der Waals surface area contributed by atoms with Gasteiger partial charge in [-0.2, -0.15) is 26.3 Å². The van der Waals surface area contributed by atoms with E-state index in [2.05, 4.69) is 22.3 Å². The van der Waals surface area contributed by atoms with Gasteiger partial charge in [0.1, 0.15) is 12.2 Å². The predicted molar refractivity (Wildman–Crippen MR) is 229 cm³/mol. The van der Waals surface area contributed by atoms with Gasteiger partial charge in [0.2, 0.25) is 5.91 Å². The summed E-state index contributed by atoms with van der Waals surface area (Å²) >= 11 is 12.7. The number of halogens is 8. The second-order valence-corrected chi connectivity index (χ2v) is 18.7. The molecule has 0 bridgehead atoms. The highest BCUT2D eigenvalue weighted by Crippen LogP contribution is 2.48. The minimum absolute atomic E-state index is 0.00414. The van der Waals surface area contributed by atoms with Crippen molar-refractivity contribution in [1.82, 2.24) is 20.0 Å². The van der Waals surface area contributed by atoms with Crippen molar-refractivity contribution in [2.24, 2.45) is 0 Å². The maximum absolute atomic E-state index is 13.9. The second-order valence-electron chi connectivity index (χ2n) is 17.9. The van der Waals surface area contributed by atoms with E-state index < -0.39 is 52.2 Å². The number of nitrogens with zero attached hydrogens (tertiary/aromatic N) is 3. The number of ether oxygens (including phenoxy) is 3. The molecule has 2 atom stereocenters. The van der Waals surface area contributed by atoms with Crippen LogP contribution in [-0.4, -0.2) is 110 Å². The number of benzene rings is 3. The topological polar surface area (TPSA) is 101 Å². The number of likely N-dealkylation sites (N-methyl/N-ethyl adjacent to an activating group) is 1. The van der Waals surface area contributed by atoms with E-state index in [4.69, 9.17) is 37.4 Å². The van der Waals surface area contributed by atoms with Crippen molar-refractivity contribution in [1.29, 1.82) is 0 Å². The number of amides is 3. The first-order chi connectivity index (χ1) is 30.0. The highest BCUT2D eigenvalue weighted by Gasteiger charge is 2.50. The van der Waals surface area contributed by atoms with Gasteiger partial charge in [0.05, 0.1) is 47.0 Å². The van der Waals surface area contributed by atoms with Gasteiger partial charge in [-0.25, -0.2) is 4.79 Å². The van der Waals surface area contributed by atoms with Gasteiger partial charge in [0, 0.05) is 43.2 Å². The number of unbranched alkanes of at least 4 members (excludes halogenated alkanes) is 1. The van der Waals surface area contributed by atoms with Gasteiger partial charge in [-0.1, -0.05) is 53.5 Å². The normalized spacial score (nSPS) is 20.2. The molecule has 3 aliphatic rings. The molecule has 6 rings (SSSR count). The standard InChI is InChI=1S/C46H54Cl2F6N4O6/c1-42(2,3)55-41(61)62-21-8-7-16-56(4)39(59)28-63-38-25-30-9-5-6-10-35(30)43(38)13-17-57(18-14-43)19-15-44(32-11-12-36(47)37(48)27-32)29-58(20-22-64-44)40(60)31-23-33(45(49,50)51)26-34(24-31)46(52,53)54/h5-6,9-12,23-24,26-27,38H,7-8,13-22,25,28-29H2,1-4H3,(H,55,61)/t38-,44-/m0/s1. The zero-order valence-electron chi connectivity index (χ0n) is 36.3. The lowest BCUT2D eigenvalue weighted by atomic mass is 9.72. The molecule has 0 saturated carbocycles. The van der Waals surface area contributed by atoms with Crippen LogP contribution in [0.5, 0.6) is 0 Å². The molecule has 1 aliphatic carbocycles. The average Bonchev–Trinajstić information content (AvgIpc) is 3.53. The van der Waals surface area contributed by atoms with Gasteiger partial charge < -0.3 is 34.2 Å². The number of fused-ring (bicyclic) bond motifs is 2. The Morgan fingerprint density at radius 3 is 2.20 bits per heavy atom. The number of carbonyl (C=O) groups is 3. The van der Waals surface area contributed by atoms with E-state index in [1.807, 2.05) is 32.9 Å². The molecule has 0 radical (unpaired) electrons. The highest BCUT2D eigenvalue weighted by molar-refractivity contribution is 6.42. The molecule has 3 aromatic carbocycles. The number of hydrogen-bond acceptors (Lipinski definition) is 7. The van der Waals surface area contributed by atoms with Crippen LogP contribution in [0, 0.1) is 0 Å². The minimum atomic E-state index is -5.12. The van der Waals surface area contributed by atoms with Crippen LogP contribution in [0.3, 0.4) is 0 Å². The van der Waals surface area contributed by atoms with Crippen LogP contribution >= 0.6 is 23.2 Å². The van der Waals surface area contributed by atoms with E-state index in [-0.39, 0.29) is 66.4 Å². The van der Waals surface area contributed by atoms with Gasteiger partial charge in [-0.05, 0) is 119 Å². The zero-order valence-corrected chi connectivity index (χ0v) is 37.8. The molecule has 0 unspecified atom stereocenters. The molecule has 0 aromatic heterocycles. The fraction of sp³-hybridized carbons (Fsp3) is 0.543. The SMILES string of the molecule is CN(CCCCOC(=O)NC(C)(C)C)C(=O)CO[C@H]1Cc2ccccc2C12CCN(CC[C@@]1(c3ccc(Cl)c(Cl)c3)CN(C(=O)c3cc(C(F)(F)F)cc(C(F)(F)F)c3)CCO1)CC2. The number of alkyl carbamates (subject to hydrolysis) is 1. The molecule has 1 spiro atoms. The lowest BCUT2D eigenvalue weighted by Crippen LogP contribution is -2.54. The van der Waals surface area contributed by atoms with Crippen LogP contribution in [0.25, 0.3) is 0 Å². The quantitative estimate of drug-likeness (QED) is 0.135. The Hall–Kier alpha value is -4.09. The number of carbonyl (C=O) groups excluding carboxylic acids is 3. The van der Waals surface area contributed by atoms with Crippen molar-refractivity contribution in [3.05, 3.63) is 104 Å². The molecule has 350 valence electrons. The van der Waals surface area contributed by atoms with Crippen LogP contribution < -0.4 is 5.32 Å². The second kappa shape index (κ2) is 19.8. The Kier molecular flexibility index (Phi) is 15.3. The molecule has 2 saturated heterocycles. The molecule has 3 aromatic rings. The summed E-state index contributed by atoms with van der Waals surface area (Å²) in [7, 11) is 1.72. The maximum atomic E-state index is 13.9. The first-order valence-electron chi connectivity index (χ1n) is 21.3. The zero-order chi connectivity index (χ0) is 46.7. The molecule has 1 N–H and O–H groups in total. The van der Waals surface area contributed by atoms with Crippen LogP contribution in [0.15, 0.2) is 60.7 Å². The Morgan fingerprint density at radius 2 is 1.56 bits per heavy atom. The van der Waals surface area contributed by atoms with E-state index in [1.54, 1.807) is 30.1 Å². The Bertz CT molecular complexity index is 2130. The molecule has 64 heavy (non-hydrogen) atoms. The Labute approximate surface area is 379 Å². The summed E-state index contributed by atoms with van der Waals surface area (Å²) in [6.45, 7) is 7.66. The number of morpholine rings is 1. The van der Waals surface area contributed by atoms with Crippen molar-refractivity contribution in [3.63, 3.8) is 0 Å². The third-order valence-corrected chi connectivity index (χ3v) is 13.1. The molecule has 2 heterocycles. The van der Waals surface area contributed by atoms with Crippen molar-refractivity contribution in [2.45, 2.75) is 94.3 Å². The van der Waals surface area contributed by atoms with E-state index >= 15 is 0 Å². The lowest BCUT2D eigenvalue weighted by molar-refractivity contribution is -0.143. The highest BCUT2D eigenvalue weighted by atomic mass is 35.5. The van der Waals surface area contributed by atoms with E-state index in [9.17, 15) is 40.7 Å². The maximum Gasteiger partial charge on any atom is 0.416 e. The van der Waals surface area contributed by atoms with Gasteiger partial charge in [0.25, 0.3) is 5.91 Å². The van der Waals surface area contributed by atoms with Crippen molar-refractivity contribution < 1.29 is 54.9 Å². The van der Waals surface area contributed by atoms with E-state index in [0.717, 1.165) is 0 Å². The number of piperidine rings is 1. The Balaban J connectivity index is 1.12. The Morgan fingerprint density at radius 1 is 0.891 bits per heavy atom. The monoisotopic (exact) mass is 942 g/mol. The summed E-state index contributed by atoms with van der Waals surface area (Å²) in [6.07, 6.45) is -7.37. The van der Waals surface area contributed by atoms with Crippen LogP contribution in [0.1, 0.15) is 91.1 Å². The molecular formula is C46H54Cl2F6N4O6. The van der Waals surface area contributed by atoms with Crippen LogP contribution in [0.2, 0.25) is 10.0 Å². The van der Waals surface area contributed by atoms with Gasteiger partial charge in [-0.15, -0.1) is 0 Å². The van der Waals surface area contributed by atoms with Crippen molar-refractivity contribution in [3.8, 4) is 0 Å². The lowest BCUT2D eigenvalue weighted by Gasteiger charge is -2.46. The van der Waals surface area contributed by atoms with Crippen molar-refractivity contribution >= 4 is 41.1 Å².